The zero-order valence-corrected chi connectivity index (χ0v) is 14.5. The fourth-order valence-corrected chi connectivity index (χ4v) is 1.66. The SMILES string of the molecule is CC(=O)c1ccc[n-]1.Fc1c[c-]c(-c2ccccn2)c(F)c1.[Ir]. The monoisotopic (exact) mass is 491 g/mol. The number of aromatic nitrogens is 2. The van der Waals surface area contributed by atoms with Crippen LogP contribution in [0.1, 0.15) is 17.4 Å². The van der Waals surface area contributed by atoms with Crippen LogP contribution in [0.2, 0.25) is 0 Å². The van der Waals surface area contributed by atoms with Crippen LogP contribution >= 0.6 is 0 Å². The Balaban J connectivity index is 0.000000253. The third-order valence-corrected chi connectivity index (χ3v) is 2.69. The fraction of sp³-hybridized carbons (Fsp3) is 0.0588. The first kappa shape index (κ1) is 18.9. The summed E-state index contributed by atoms with van der Waals surface area (Å²) in [4.78, 5) is 18.2. The van der Waals surface area contributed by atoms with Gasteiger partial charge in [0.2, 0.25) is 0 Å². The predicted octanol–water partition coefficient (Wildman–Crippen LogP) is 3.67. The molecular weight excluding hydrogens is 478 g/mol. The van der Waals surface area contributed by atoms with Crippen LogP contribution in [0.4, 0.5) is 8.78 Å². The van der Waals surface area contributed by atoms with Crippen LogP contribution in [0, 0.1) is 17.7 Å². The molecule has 121 valence electrons. The van der Waals surface area contributed by atoms with E-state index in [9.17, 15) is 13.6 Å². The zero-order valence-electron chi connectivity index (χ0n) is 12.1. The summed E-state index contributed by atoms with van der Waals surface area (Å²) in [5.41, 5.74) is 1.18. The molecule has 0 fully saturated rings. The van der Waals surface area contributed by atoms with Crippen molar-refractivity contribution in [2.45, 2.75) is 6.92 Å². The molecule has 1 radical (unpaired) electrons. The Hall–Kier alpha value is -2.17. The second-order valence-corrected chi connectivity index (χ2v) is 4.33. The Morgan fingerprint density at radius 3 is 2.48 bits per heavy atom. The normalized spacial score (nSPS) is 9.35. The van der Waals surface area contributed by atoms with Gasteiger partial charge in [0.05, 0.1) is 0 Å². The molecule has 2 heterocycles. The van der Waals surface area contributed by atoms with Crippen LogP contribution in [-0.4, -0.2) is 10.8 Å². The van der Waals surface area contributed by atoms with Gasteiger partial charge < -0.3 is 9.97 Å². The van der Waals surface area contributed by atoms with Crippen molar-refractivity contribution < 1.29 is 33.7 Å². The molecule has 0 atom stereocenters. The van der Waals surface area contributed by atoms with Crippen molar-refractivity contribution in [1.82, 2.24) is 9.97 Å². The summed E-state index contributed by atoms with van der Waals surface area (Å²) in [6, 6.07) is 13.0. The third-order valence-electron chi connectivity index (χ3n) is 2.69. The van der Waals surface area contributed by atoms with Crippen LogP contribution in [0.3, 0.4) is 0 Å². The van der Waals surface area contributed by atoms with Gasteiger partial charge in [-0.05, 0) is 18.7 Å². The van der Waals surface area contributed by atoms with Crippen LogP contribution in [-0.2, 0) is 20.1 Å². The summed E-state index contributed by atoms with van der Waals surface area (Å²) in [5, 5.41) is 0. The van der Waals surface area contributed by atoms with Crippen LogP contribution in [0.5, 0.6) is 0 Å². The molecule has 0 saturated heterocycles. The van der Waals surface area contributed by atoms with Crippen molar-refractivity contribution in [2.24, 2.45) is 0 Å². The molecule has 6 heteroatoms. The molecule has 3 nitrogen and oxygen atoms in total. The summed E-state index contributed by atoms with van der Waals surface area (Å²) >= 11 is 0. The van der Waals surface area contributed by atoms with Crippen molar-refractivity contribution >= 4 is 5.78 Å². The standard InChI is InChI=1S/C11H6F2N.C6H7NO.Ir/c12-8-4-5-9(10(13)7-8)11-3-1-2-6-14-11;1-5(8)6-3-2-4-7-6;/h1-4,6-7H;2-4H,1H3,(H,7,8);/q-1;;/p-1. The van der Waals surface area contributed by atoms with Crippen LogP contribution in [0.15, 0.2) is 54.9 Å². The van der Waals surface area contributed by atoms with Crippen molar-refractivity contribution in [3.8, 4) is 11.3 Å². The maximum Gasteiger partial charge on any atom is 0.138 e. The summed E-state index contributed by atoms with van der Waals surface area (Å²) in [6.07, 6.45) is 3.16. The van der Waals surface area contributed by atoms with Gasteiger partial charge in [0.15, 0.2) is 0 Å². The number of rotatable bonds is 2. The molecule has 1 aromatic carbocycles. The minimum absolute atomic E-state index is 0. The average Bonchev–Trinajstić information content (AvgIpc) is 3.03. The van der Waals surface area contributed by atoms with Crippen LogP contribution < -0.4 is 4.98 Å². The molecule has 0 aliphatic rings. The van der Waals surface area contributed by atoms with E-state index in [1.54, 1.807) is 42.7 Å². The van der Waals surface area contributed by atoms with E-state index in [4.69, 9.17) is 0 Å². The summed E-state index contributed by atoms with van der Waals surface area (Å²) in [7, 11) is 0. The number of carbonyl (C=O) groups is 1. The van der Waals surface area contributed by atoms with Gasteiger partial charge >= 0.3 is 0 Å². The maximum atomic E-state index is 13.2. The molecule has 0 aliphatic carbocycles. The molecule has 0 unspecified atom stereocenters. The minimum atomic E-state index is -0.649. The number of carbonyl (C=O) groups excluding carboxylic acids is 1. The summed E-state index contributed by atoms with van der Waals surface area (Å²) < 4.78 is 25.8. The molecule has 0 N–H and O–H groups in total. The van der Waals surface area contributed by atoms with Crippen molar-refractivity contribution in [3.63, 3.8) is 0 Å². The van der Waals surface area contributed by atoms with Gasteiger partial charge in [-0.15, -0.1) is 12.1 Å². The molecule has 0 bridgehead atoms. The van der Waals surface area contributed by atoms with Gasteiger partial charge in [-0.1, -0.05) is 41.6 Å². The van der Waals surface area contributed by atoms with E-state index in [1.165, 1.54) is 6.92 Å². The fourth-order valence-electron chi connectivity index (χ4n) is 1.66. The Bertz CT molecular complexity index is 747. The van der Waals surface area contributed by atoms with Gasteiger partial charge in [0.1, 0.15) is 5.78 Å². The Labute approximate surface area is 146 Å². The molecule has 3 rings (SSSR count). The van der Waals surface area contributed by atoms with Gasteiger partial charge in [0, 0.05) is 37.9 Å². The quantitative estimate of drug-likeness (QED) is 0.407. The molecule has 23 heavy (non-hydrogen) atoms. The molecule has 3 aromatic rings. The average molecular weight is 491 g/mol. The van der Waals surface area contributed by atoms with Gasteiger partial charge in [0.25, 0.3) is 0 Å². The number of nitrogens with zero attached hydrogens (tertiary/aromatic N) is 2. The Morgan fingerprint density at radius 1 is 1.22 bits per heavy atom. The van der Waals surface area contributed by atoms with Gasteiger partial charge in [-0.25, -0.2) is 0 Å². The largest absolute Gasteiger partial charge is 0.661 e. The molecule has 0 saturated carbocycles. The van der Waals surface area contributed by atoms with Crippen LogP contribution in [0.25, 0.3) is 11.3 Å². The van der Waals surface area contributed by atoms with E-state index < -0.39 is 11.6 Å². The number of halogens is 2. The smallest absolute Gasteiger partial charge is 0.138 e. The molecule has 0 aliphatic heterocycles. The first-order chi connectivity index (χ1) is 10.6. The number of benzene rings is 1. The van der Waals surface area contributed by atoms with Crippen molar-refractivity contribution in [1.29, 1.82) is 0 Å². The Kier molecular flexibility index (Phi) is 7.45. The summed E-state index contributed by atoms with van der Waals surface area (Å²) in [5.74, 6) is -1.26. The van der Waals surface area contributed by atoms with E-state index in [2.05, 4.69) is 16.0 Å². The number of ketones is 1. The van der Waals surface area contributed by atoms with E-state index >= 15 is 0 Å². The molecule has 0 amide bonds. The van der Waals surface area contributed by atoms with Crippen molar-refractivity contribution in [2.75, 3.05) is 0 Å². The van der Waals surface area contributed by atoms with E-state index in [1.807, 2.05) is 0 Å². The number of Topliss-reactive ketones (excluding diaryl/α,β-unsaturated/α-hetero) is 1. The van der Waals surface area contributed by atoms with E-state index in [0.29, 0.717) is 11.4 Å². The first-order valence-electron chi connectivity index (χ1n) is 6.44. The van der Waals surface area contributed by atoms with Crippen molar-refractivity contribution in [3.05, 3.63) is 78.3 Å². The third kappa shape index (κ3) is 5.51. The van der Waals surface area contributed by atoms with Gasteiger partial charge in [-0.2, -0.15) is 6.20 Å². The summed E-state index contributed by atoms with van der Waals surface area (Å²) in [6.45, 7) is 1.50. The number of pyridine rings is 1. The molecule has 2 aromatic heterocycles. The van der Waals surface area contributed by atoms with Gasteiger partial charge in [-0.3, -0.25) is 13.6 Å². The zero-order chi connectivity index (χ0) is 15.9. The van der Waals surface area contributed by atoms with E-state index in [-0.39, 0.29) is 31.5 Å². The topological polar surface area (TPSA) is 44.1 Å². The maximum absolute atomic E-state index is 13.2. The first-order valence-corrected chi connectivity index (χ1v) is 6.44. The predicted molar refractivity (Wildman–Crippen MR) is 78.2 cm³/mol. The van der Waals surface area contributed by atoms with E-state index in [0.717, 1.165) is 12.1 Å². The second kappa shape index (κ2) is 9.08. The Morgan fingerprint density at radius 2 is 2.00 bits per heavy atom. The second-order valence-electron chi connectivity index (χ2n) is 4.33. The molecule has 0 spiro atoms. The molecular formula is C17H12F2IrN2O-2. The number of hydrogen-bond acceptors (Lipinski definition) is 2. The number of hydrogen-bond donors (Lipinski definition) is 0. The minimum Gasteiger partial charge on any atom is -0.661 e.